The van der Waals surface area contributed by atoms with Gasteiger partial charge in [0.05, 0.1) is 31.9 Å². The second-order valence-electron chi connectivity index (χ2n) is 28.0. The lowest BCUT2D eigenvalue weighted by molar-refractivity contribution is -0.114. The van der Waals surface area contributed by atoms with Crippen molar-refractivity contribution in [2.24, 2.45) is 11.8 Å². The first-order valence-electron chi connectivity index (χ1n) is 34.4. The minimum absolute atomic E-state index is 0.00620. The summed E-state index contributed by atoms with van der Waals surface area (Å²) in [6.45, 7) is 24.2. The zero-order valence-corrected chi connectivity index (χ0v) is 56.5. The SMILES string of the molecule is CCCCCCCCC(CCCCCC)CN1C(=O)/C(=C2/C(=O)N(CC(CCCCCC)CCCCCCCC)c3cc(C(C)(C)C)ccc32)c2ccc(-c3cc4c(s3)c3sc(C(C)(C)C)cc3c3oc(-c5ccccc5)c(-c5ccccc5)c43)cc21. The number of anilines is 2. The molecule has 462 valence electrons. The van der Waals surface area contributed by atoms with Crippen LogP contribution in [0, 0.1) is 11.8 Å². The molecule has 8 aromatic rings. The maximum atomic E-state index is 16.2. The monoisotopic (exact) mass is 1200 g/mol. The zero-order chi connectivity index (χ0) is 61.2. The highest BCUT2D eigenvalue weighted by Crippen LogP contribution is 2.55. The molecule has 2 aliphatic heterocycles. The Morgan fingerprint density at radius 2 is 0.908 bits per heavy atom. The summed E-state index contributed by atoms with van der Waals surface area (Å²) in [6.07, 6.45) is 29.2. The van der Waals surface area contributed by atoms with Gasteiger partial charge in [0.2, 0.25) is 0 Å². The number of thiophene rings is 2. The van der Waals surface area contributed by atoms with Gasteiger partial charge in [0.1, 0.15) is 11.3 Å². The van der Waals surface area contributed by atoms with Crippen molar-refractivity contribution in [2.75, 3.05) is 22.9 Å². The highest BCUT2D eigenvalue weighted by molar-refractivity contribution is 7.29. The van der Waals surface area contributed by atoms with E-state index in [1.165, 1.54) is 154 Å². The summed E-state index contributed by atoms with van der Waals surface area (Å²) in [4.78, 5) is 39.0. The molecule has 87 heavy (non-hydrogen) atoms. The highest BCUT2D eigenvalue weighted by Gasteiger charge is 2.44. The van der Waals surface area contributed by atoms with Gasteiger partial charge in [-0.1, -0.05) is 283 Å². The van der Waals surface area contributed by atoms with Crippen molar-refractivity contribution in [3.05, 3.63) is 131 Å². The number of carbonyl (C=O) groups is 2. The fourth-order valence-corrected chi connectivity index (χ4v) is 16.5. The first-order valence-corrected chi connectivity index (χ1v) is 36.0. The van der Waals surface area contributed by atoms with Crippen LogP contribution in [0.25, 0.3) is 75.2 Å². The summed E-state index contributed by atoms with van der Waals surface area (Å²) < 4.78 is 9.77. The Hall–Kier alpha value is -5.76. The summed E-state index contributed by atoms with van der Waals surface area (Å²) in [5.74, 6) is 1.60. The van der Waals surface area contributed by atoms with E-state index in [2.05, 4.69) is 188 Å². The fourth-order valence-electron chi connectivity index (χ4n) is 14.0. The Labute approximate surface area is 531 Å². The van der Waals surface area contributed by atoms with E-state index >= 15 is 9.59 Å². The molecule has 0 N–H and O–H groups in total. The molecule has 2 aliphatic rings. The summed E-state index contributed by atoms with van der Waals surface area (Å²) in [5.41, 5.74) is 11.3. The van der Waals surface area contributed by atoms with Crippen LogP contribution in [-0.2, 0) is 20.4 Å². The first kappa shape index (κ1) is 64.2. The smallest absolute Gasteiger partial charge is 0.259 e. The predicted molar refractivity (Wildman–Crippen MR) is 379 cm³/mol. The molecule has 0 fully saturated rings. The fraction of sp³-hybridized carbons (Fsp3) is 0.500. The van der Waals surface area contributed by atoms with Crippen LogP contribution in [0.1, 0.15) is 245 Å². The largest absolute Gasteiger partial charge is 0.455 e. The van der Waals surface area contributed by atoms with E-state index in [0.29, 0.717) is 36.1 Å². The second-order valence-corrected chi connectivity index (χ2v) is 30.1. The van der Waals surface area contributed by atoms with Gasteiger partial charge in [-0.25, -0.2) is 0 Å². The third-order valence-electron chi connectivity index (χ3n) is 19.1. The molecule has 3 aromatic heterocycles. The number of nitrogens with zero attached hydrogens (tertiary/aromatic N) is 2. The molecule has 0 saturated carbocycles. The molecular weight excluding hydrogens is 1100 g/mol. The van der Waals surface area contributed by atoms with E-state index in [-0.39, 0.29) is 22.6 Å². The molecule has 2 atom stereocenters. The summed E-state index contributed by atoms with van der Waals surface area (Å²) >= 11 is 3.76. The maximum absolute atomic E-state index is 16.2. The van der Waals surface area contributed by atoms with Crippen LogP contribution in [0.2, 0.25) is 0 Å². The van der Waals surface area contributed by atoms with Gasteiger partial charge in [-0.15, -0.1) is 22.7 Å². The topological polar surface area (TPSA) is 53.8 Å². The molecule has 0 spiro atoms. The maximum Gasteiger partial charge on any atom is 0.259 e. The number of carbonyl (C=O) groups excluding carboxylic acids is 2. The van der Waals surface area contributed by atoms with Crippen LogP contribution in [0.4, 0.5) is 11.4 Å². The number of rotatable bonds is 31. The number of unbranched alkanes of at least 4 members (excludes halogenated alkanes) is 16. The van der Waals surface area contributed by atoms with Gasteiger partial charge in [0.15, 0.2) is 0 Å². The van der Waals surface area contributed by atoms with Crippen molar-refractivity contribution >= 4 is 88.2 Å². The molecule has 5 heterocycles. The van der Waals surface area contributed by atoms with Gasteiger partial charge >= 0.3 is 0 Å². The number of amides is 2. The van der Waals surface area contributed by atoms with E-state index in [0.717, 1.165) is 97.4 Å². The van der Waals surface area contributed by atoms with E-state index in [1.807, 2.05) is 22.7 Å². The minimum Gasteiger partial charge on any atom is -0.455 e. The summed E-state index contributed by atoms with van der Waals surface area (Å²) in [6, 6.07) is 39.7. The van der Waals surface area contributed by atoms with Gasteiger partial charge < -0.3 is 14.2 Å². The van der Waals surface area contributed by atoms with Crippen LogP contribution < -0.4 is 9.80 Å². The lowest BCUT2D eigenvalue weighted by Crippen LogP contribution is -2.34. The van der Waals surface area contributed by atoms with Crippen LogP contribution in [-0.4, -0.2) is 24.9 Å². The predicted octanol–water partition coefficient (Wildman–Crippen LogP) is 24.7. The lowest BCUT2D eigenvalue weighted by atomic mass is 9.85. The van der Waals surface area contributed by atoms with E-state index in [1.54, 1.807) is 0 Å². The van der Waals surface area contributed by atoms with Crippen molar-refractivity contribution < 1.29 is 14.0 Å². The Morgan fingerprint density at radius 3 is 1.41 bits per heavy atom. The normalized spacial score (nSPS) is 15.3. The van der Waals surface area contributed by atoms with Crippen LogP contribution in [0.5, 0.6) is 0 Å². The molecule has 7 heteroatoms. The van der Waals surface area contributed by atoms with Crippen molar-refractivity contribution in [2.45, 2.75) is 234 Å². The third-order valence-corrected chi connectivity index (χ3v) is 22.0. The van der Waals surface area contributed by atoms with Gasteiger partial charge in [-0.3, -0.25) is 9.59 Å². The van der Waals surface area contributed by atoms with Crippen LogP contribution >= 0.6 is 22.7 Å². The number of hydrogen-bond acceptors (Lipinski definition) is 5. The number of fused-ring (bicyclic) bond motifs is 8. The van der Waals surface area contributed by atoms with E-state index in [9.17, 15) is 0 Å². The Bertz CT molecular complexity index is 3640. The minimum atomic E-state index is -0.115. The van der Waals surface area contributed by atoms with Crippen LogP contribution in [0.3, 0.4) is 0 Å². The standard InChI is InChI=1S/C80H102N2O3S2/c1-11-15-19-23-25-31-39-55(37-29-21-17-13-3)53-81-65-49-59(67-51-63-70-69(57-41-33-27-34-42-57)73(58-43-35-28-36-44-58)85-74(70)64-52-68(80(8,9)10)87-76(64)75(63)86-67)45-47-61(65)71(77(81)83)72-62-48-46-60(79(5,6)7)50-66(62)82(78(72)84)54-56(38-30-22-18-14-4)40-32-26-24-20-16-12-2/h27-28,33-36,41-52,55-56H,11-26,29-32,37-40,53-54H2,1-10H3/b72-71+. The van der Waals surface area contributed by atoms with Gasteiger partial charge in [-0.05, 0) is 89.3 Å². The summed E-state index contributed by atoms with van der Waals surface area (Å²) in [5, 5.41) is 3.49. The van der Waals surface area contributed by atoms with E-state index < -0.39 is 0 Å². The molecule has 5 aromatic carbocycles. The molecule has 0 aliphatic carbocycles. The Kier molecular flexibility index (Phi) is 21.6. The molecule has 2 unspecified atom stereocenters. The average Bonchev–Trinajstić information content (AvgIpc) is 1.62. The zero-order valence-electron chi connectivity index (χ0n) is 54.9. The Morgan fingerprint density at radius 1 is 0.448 bits per heavy atom. The van der Waals surface area contributed by atoms with Crippen molar-refractivity contribution in [3.63, 3.8) is 0 Å². The number of benzene rings is 5. The third kappa shape index (κ3) is 14.5. The van der Waals surface area contributed by atoms with Crippen molar-refractivity contribution in [1.82, 2.24) is 0 Å². The van der Waals surface area contributed by atoms with Gasteiger partial charge in [-0.2, -0.15) is 0 Å². The second kappa shape index (κ2) is 29.3. The quantitative estimate of drug-likeness (QED) is 0.0321. The van der Waals surface area contributed by atoms with Gasteiger partial charge in [0, 0.05) is 61.3 Å². The van der Waals surface area contributed by atoms with Crippen LogP contribution in [0.15, 0.2) is 114 Å². The molecule has 0 bridgehead atoms. The molecule has 2 amide bonds. The van der Waals surface area contributed by atoms with Gasteiger partial charge in [0.25, 0.3) is 11.8 Å². The van der Waals surface area contributed by atoms with E-state index in [4.69, 9.17) is 4.42 Å². The molecule has 5 nitrogen and oxygen atoms in total. The molecule has 0 saturated heterocycles. The lowest BCUT2D eigenvalue weighted by Gasteiger charge is -2.26. The molecule has 0 radical (unpaired) electrons. The average molecular weight is 1200 g/mol. The highest BCUT2D eigenvalue weighted by atomic mass is 32.1. The summed E-state index contributed by atoms with van der Waals surface area (Å²) in [7, 11) is 0. The first-order chi connectivity index (χ1) is 42.1. The number of hydrogen-bond donors (Lipinski definition) is 0. The van der Waals surface area contributed by atoms with Crippen molar-refractivity contribution in [3.8, 4) is 32.9 Å². The molecular formula is C80H102N2O3S2. The number of furan rings is 1. The van der Waals surface area contributed by atoms with Crippen molar-refractivity contribution in [1.29, 1.82) is 0 Å². The molecule has 10 rings (SSSR count). The Balaban J connectivity index is 1.14.